The number of aromatic amines is 1. The maximum absolute atomic E-state index is 11.3. The van der Waals surface area contributed by atoms with E-state index >= 15 is 0 Å². The van der Waals surface area contributed by atoms with Crippen LogP contribution >= 0.6 is 0 Å². The summed E-state index contributed by atoms with van der Waals surface area (Å²) in [5, 5.41) is 9.19. The van der Waals surface area contributed by atoms with Gasteiger partial charge in [0.25, 0.3) is 0 Å². The van der Waals surface area contributed by atoms with Crippen molar-refractivity contribution in [2.24, 2.45) is 5.73 Å². The van der Waals surface area contributed by atoms with E-state index in [0.29, 0.717) is 25.2 Å². The SMILES string of the molecule is CC(NC(=O)CCCN)c1ncn[nH]1. The van der Waals surface area contributed by atoms with Crippen LogP contribution in [-0.2, 0) is 4.79 Å². The topological polar surface area (TPSA) is 96.7 Å². The quantitative estimate of drug-likeness (QED) is 0.604. The van der Waals surface area contributed by atoms with E-state index in [2.05, 4.69) is 20.5 Å². The van der Waals surface area contributed by atoms with Crippen molar-refractivity contribution in [3.8, 4) is 0 Å². The lowest BCUT2D eigenvalue weighted by molar-refractivity contribution is -0.121. The number of rotatable bonds is 5. The van der Waals surface area contributed by atoms with Crippen molar-refractivity contribution < 1.29 is 4.79 Å². The van der Waals surface area contributed by atoms with Crippen molar-refractivity contribution in [2.45, 2.75) is 25.8 Å². The number of H-pyrrole nitrogens is 1. The molecule has 78 valence electrons. The molecule has 4 N–H and O–H groups in total. The summed E-state index contributed by atoms with van der Waals surface area (Å²) in [5.41, 5.74) is 5.29. The van der Waals surface area contributed by atoms with Crippen LogP contribution in [0.3, 0.4) is 0 Å². The first-order valence-corrected chi connectivity index (χ1v) is 4.58. The van der Waals surface area contributed by atoms with Gasteiger partial charge >= 0.3 is 0 Å². The van der Waals surface area contributed by atoms with E-state index in [0.717, 1.165) is 0 Å². The van der Waals surface area contributed by atoms with Gasteiger partial charge in [0.15, 0.2) is 0 Å². The molecule has 0 fully saturated rings. The van der Waals surface area contributed by atoms with Gasteiger partial charge in [-0.3, -0.25) is 9.89 Å². The van der Waals surface area contributed by atoms with Crippen molar-refractivity contribution >= 4 is 5.91 Å². The van der Waals surface area contributed by atoms with Gasteiger partial charge in [-0.1, -0.05) is 0 Å². The van der Waals surface area contributed by atoms with Gasteiger partial charge in [-0.25, -0.2) is 4.98 Å². The van der Waals surface area contributed by atoms with Crippen LogP contribution in [0.2, 0.25) is 0 Å². The van der Waals surface area contributed by atoms with E-state index in [1.54, 1.807) is 0 Å². The predicted octanol–water partition coefficient (Wildman–Crippen LogP) is -0.279. The summed E-state index contributed by atoms with van der Waals surface area (Å²) in [4.78, 5) is 15.2. The molecule has 14 heavy (non-hydrogen) atoms. The summed E-state index contributed by atoms with van der Waals surface area (Å²) in [7, 11) is 0. The fourth-order valence-electron chi connectivity index (χ4n) is 1.07. The van der Waals surface area contributed by atoms with Crippen LogP contribution in [0.5, 0.6) is 0 Å². The second-order valence-electron chi connectivity index (χ2n) is 3.05. The molecule has 0 aromatic carbocycles. The Balaban J connectivity index is 2.33. The van der Waals surface area contributed by atoms with Gasteiger partial charge in [0.05, 0.1) is 6.04 Å². The molecule has 0 radical (unpaired) electrons. The van der Waals surface area contributed by atoms with Gasteiger partial charge in [0, 0.05) is 6.42 Å². The highest BCUT2D eigenvalue weighted by Gasteiger charge is 2.10. The number of nitrogens with zero attached hydrogens (tertiary/aromatic N) is 2. The third kappa shape index (κ3) is 3.14. The third-order valence-electron chi connectivity index (χ3n) is 1.83. The molecule has 1 heterocycles. The molecule has 1 amide bonds. The Labute approximate surface area is 82.3 Å². The van der Waals surface area contributed by atoms with E-state index in [1.807, 2.05) is 6.92 Å². The smallest absolute Gasteiger partial charge is 0.220 e. The number of amides is 1. The molecule has 0 aliphatic carbocycles. The molecule has 0 aliphatic rings. The minimum absolute atomic E-state index is 0.0145. The molecule has 1 atom stereocenters. The lowest BCUT2D eigenvalue weighted by Gasteiger charge is -2.10. The Bertz CT molecular complexity index is 271. The minimum atomic E-state index is -0.136. The first-order valence-electron chi connectivity index (χ1n) is 4.58. The number of nitrogens with one attached hydrogen (secondary N) is 2. The Morgan fingerprint density at radius 1 is 1.79 bits per heavy atom. The number of aromatic nitrogens is 3. The summed E-state index contributed by atoms with van der Waals surface area (Å²) >= 11 is 0. The molecule has 1 unspecified atom stereocenters. The van der Waals surface area contributed by atoms with Gasteiger partial charge < -0.3 is 11.1 Å². The molecular formula is C8H15N5O. The Hall–Kier alpha value is -1.43. The van der Waals surface area contributed by atoms with Crippen molar-refractivity contribution in [3.63, 3.8) is 0 Å². The molecule has 1 aromatic rings. The van der Waals surface area contributed by atoms with Crippen LogP contribution in [0.1, 0.15) is 31.6 Å². The summed E-state index contributed by atoms with van der Waals surface area (Å²) in [5.74, 6) is 0.644. The second-order valence-corrected chi connectivity index (χ2v) is 3.05. The lowest BCUT2D eigenvalue weighted by Crippen LogP contribution is -2.27. The molecule has 6 nitrogen and oxygen atoms in total. The molecule has 1 rings (SSSR count). The monoisotopic (exact) mass is 197 g/mol. The average molecular weight is 197 g/mol. The van der Waals surface area contributed by atoms with Crippen molar-refractivity contribution in [1.29, 1.82) is 0 Å². The first kappa shape index (κ1) is 10.6. The number of hydrogen-bond acceptors (Lipinski definition) is 4. The molecule has 0 saturated heterocycles. The van der Waals surface area contributed by atoms with Crippen molar-refractivity contribution in [3.05, 3.63) is 12.2 Å². The summed E-state index contributed by atoms with van der Waals surface area (Å²) in [6, 6.07) is -0.136. The molecule has 0 saturated carbocycles. The number of carbonyl (C=O) groups excluding carboxylic acids is 1. The lowest BCUT2D eigenvalue weighted by atomic mass is 10.2. The molecule has 0 aliphatic heterocycles. The summed E-state index contributed by atoms with van der Waals surface area (Å²) < 4.78 is 0. The van der Waals surface area contributed by atoms with Gasteiger partial charge in [0.2, 0.25) is 5.91 Å². The second kappa shape index (κ2) is 5.33. The average Bonchev–Trinajstić information content (AvgIpc) is 2.67. The zero-order valence-electron chi connectivity index (χ0n) is 8.16. The van der Waals surface area contributed by atoms with Crippen LogP contribution in [0, 0.1) is 0 Å². The summed E-state index contributed by atoms with van der Waals surface area (Å²) in [6.07, 6.45) is 2.57. The Morgan fingerprint density at radius 2 is 2.57 bits per heavy atom. The largest absolute Gasteiger partial charge is 0.346 e. The summed E-state index contributed by atoms with van der Waals surface area (Å²) in [6.45, 7) is 2.38. The highest BCUT2D eigenvalue weighted by Crippen LogP contribution is 2.04. The fourth-order valence-corrected chi connectivity index (χ4v) is 1.07. The standard InChI is InChI=1S/C8H15N5O/c1-6(8-10-5-11-13-8)12-7(14)3-2-4-9/h5-6H,2-4,9H2,1H3,(H,12,14)(H,10,11,13). The Kier molecular flexibility index (Phi) is 4.06. The third-order valence-corrected chi connectivity index (χ3v) is 1.83. The van der Waals surface area contributed by atoms with Gasteiger partial charge in [-0.2, -0.15) is 5.10 Å². The van der Waals surface area contributed by atoms with Gasteiger partial charge in [0.1, 0.15) is 12.2 Å². The molecule has 0 spiro atoms. The normalized spacial score (nSPS) is 12.4. The van der Waals surface area contributed by atoms with E-state index < -0.39 is 0 Å². The maximum atomic E-state index is 11.3. The van der Waals surface area contributed by atoms with Gasteiger partial charge in [-0.15, -0.1) is 0 Å². The minimum Gasteiger partial charge on any atom is -0.346 e. The zero-order valence-corrected chi connectivity index (χ0v) is 8.16. The molecule has 1 aromatic heterocycles. The van der Waals surface area contributed by atoms with E-state index in [9.17, 15) is 4.79 Å². The Morgan fingerprint density at radius 3 is 3.14 bits per heavy atom. The maximum Gasteiger partial charge on any atom is 0.220 e. The first-order chi connectivity index (χ1) is 6.74. The van der Waals surface area contributed by atoms with Crippen LogP contribution in [0.25, 0.3) is 0 Å². The van der Waals surface area contributed by atoms with Crippen LogP contribution < -0.4 is 11.1 Å². The van der Waals surface area contributed by atoms with Gasteiger partial charge in [-0.05, 0) is 19.9 Å². The highest BCUT2D eigenvalue weighted by molar-refractivity contribution is 5.76. The van der Waals surface area contributed by atoms with E-state index in [4.69, 9.17) is 5.73 Å². The molecular weight excluding hydrogens is 182 g/mol. The number of carbonyl (C=O) groups is 1. The van der Waals surface area contributed by atoms with Crippen molar-refractivity contribution in [1.82, 2.24) is 20.5 Å². The van der Waals surface area contributed by atoms with Crippen LogP contribution in [0.15, 0.2) is 6.33 Å². The van der Waals surface area contributed by atoms with Crippen molar-refractivity contribution in [2.75, 3.05) is 6.54 Å². The van der Waals surface area contributed by atoms with E-state index in [-0.39, 0.29) is 11.9 Å². The predicted molar refractivity (Wildman–Crippen MR) is 51.2 cm³/mol. The number of hydrogen-bond donors (Lipinski definition) is 3. The highest BCUT2D eigenvalue weighted by atomic mass is 16.1. The van der Waals surface area contributed by atoms with E-state index in [1.165, 1.54) is 6.33 Å². The van der Waals surface area contributed by atoms with Crippen LogP contribution in [-0.4, -0.2) is 27.6 Å². The number of nitrogens with two attached hydrogens (primary N) is 1. The molecule has 6 heteroatoms. The van der Waals surface area contributed by atoms with Crippen LogP contribution in [0.4, 0.5) is 0 Å². The zero-order chi connectivity index (χ0) is 10.4. The molecule has 0 bridgehead atoms. The fraction of sp³-hybridized carbons (Fsp3) is 0.625.